The van der Waals surface area contributed by atoms with E-state index in [0.717, 1.165) is 24.8 Å². The van der Waals surface area contributed by atoms with Crippen LogP contribution in [0.4, 0.5) is 0 Å². The number of fused-ring (bicyclic) bond motifs is 1. The second-order valence-electron chi connectivity index (χ2n) is 14.2. The number of hydrogen-bond acceptors (Lipinski definition) is 7. The molecule has 2 aromatic rings. The highest BCUT2D eigenvalue weighted by Crippen LogP contribution is 2.61. The summed E-state index contributed by atoms with van der Waals surface area (Å²) in [6.07, 6.45) is 5.82. The topological polar surface area (TPSA) is 125 Å². The Morgan fingerprint density at radius 1 is 1.12 bits per heavy atom. The molecule has 5 rings (SSSR count). The summed E-state index contributed by atoms with van der Waals surface area (Å²) in [5, 5.41) is 13.8. The number of aliphatic hydroxyl groups excluding tert-OH is 1. The van der Waals surface area contributed by atoms with Crippen molar-refractivity contribution in [1.82, 2.24) is 15.1 Å². The highest BCUT2D eigenvalue weighted by Gasteiger charge is 2.77. The summed E-state index contributed by atoms with van der Waals surface area (Å²) in [4.78, 5) is 59.9. The molecule has 9 atom stereocenters. The molecule has 0 aliphatic carbocycles. The van der Waals surface area contributed by atoms with Crippen molar-refractivity contribution in [2.45, 2.75) is 99.6 Å². The van der Waals surface area contributed by atoms with Crippen LogP contribution >= 0.6 is 15.9 Å². The van der Waals surface area contributed by atoms with Gasteiger partial charge >= 0.3 is 5.97 Å². The SMILES string of the molecule is C=CCCC(=O)N[C@@H](C)[C@H](OC(=O)[C@H]1[C@@H]2O[C@@]3(CC2Br)[C@@H]1C(=O)N([C@@H](CO)Cc1ccccc1)[C@@H]3C(=O)N(CC=C)CCCCC)c1ccccc1. The Balaban J connectivity index is 1.52. The van der Waals surface area contributed by atoms with Gasteiger partial charge in [0.2, 0.25) is 17.7 Å². The van der Waals surface area contributed by atoms with Gasteiger partial charge in [-0.1, -0.05) is 109 Å². The summed E-state index contributed by atoms with van der Waals surface area (Å²) in [7, 11) is 0. The van der Waals surface area contributed by atoms with Gasteiger partial charge in [0.25, 0.3) is 0 Å². The number of benzene rings is 2. The van der Waals surface area contributed by atoms with E-state index in [1.165, 1.54) is 4.90 Å². The monoisotopic (exact) mass is 777 g/mol. The lowest BCUT2D eigenvalue weighted by atomic mass is 9.70. The molecule has 52 heavy (non-hydrogen) atoms. The van der Waals surface area contributed by atoms with E-state index in [1.807, 2.05) is 60.7 Å². The van der Waals surface area contributed by atoms with Crippen molar-refractivity contribution >= 4 is 39.6 Å². The number of nitrogens with one attached hydrogen (secondary N) is 1. The third-order valence-electron chi connectivity index (χ3n) is 10.6. The number of nitrogens with zero attached hydrogens (tertiary/aromatic N) is 2. The lowest BCUT2D eigenvalue weighted by Gasteiger charge is -2.39. The summed E-state index contributed by atoms with van der Waals surface area (Å²) in [6.45, 7) is 11.8. The summed E-state index contributed by atoms with van der Waals surface area (Å²) >= 11 is 3.76. The van der Waals surface area contributed by atoms with Gasteiger partial charge in [-0.05, 0) is 43.7 Å². The first-order valence-corrected chi connectivity index (χ1v) is 19.4. The van der Waals surface area contributed by atoms with Gasteiger partial charge in [0.1, 0.15) is 17.7 Å². The fraction of sp³-hybridized carbons (Fsp3) is 0.512. The molecule has 3 heterocycles. The number of amides is 3. The van der Waals surface area contributed by atoms with Crippen molar-refractivity contribution in [2.75, 3.05) is 19.7 Å². The molecule has 3 aliphatic heterocycles. The molecule has 10 nitrogen and oxygen atoms in total. The number of aliphatic hydroxyl groups is 1. The Morgan fingerprint density at radius 3 is 2.44 bits per heavy atom. The van der Waals surface area contributed by atoms with Crippen molar-refractivity contribution in [1.29, 1.82) is 0 Å². The van der Waals surface area contributed by atoms with E-state index in [2.05, 4.69) is 41.3 Å². The van der Waals surface area contributed by atoms with Gasteiger partial charge in [0.15, 0.2) is 0 Å². The molecule has 1 unspecified atom stereocenters. The fourth-order valence-electron chi connectivity index (χ4n) is 8.26. The van der Waals surface area contributed by atoms with Crippen molar-refractivity contribution in [3.8, 4) is 0 Å². The maximum atomic E-state index is 14.9. The van der Waals surface area contributed by atoms with Crippen molar-refractivity contribution in [3.63, 3.8) is 0 Å². The number of carbonyl (C=O) groups excluding carboxylic acids is 4. The first-order chi connectivity index (χ1) is 25.1. The Hall–Kier alpha value is -3.80. The van der Waals surface area contributed by atoms with Gasteiger partial charge in [-0.25, -0.2) is 0 Å². The Kier molecular flexibility index (Phi) is 13.5. The molecule has 280 valence electrons. The number of rotatable bonds is 19. The third-order valence-corrected chi connectivity index (χ3v) is 11.5. The molecule has 2 bridgehead atoms. The molecule has 3 saturated heterocycles. The average Bonchev–Trinajstić information content (AvgIpc) is 3.75. The number of halogens is 1. The van der Waals surface area contributed by atoms with Crippen LogP contribution in [0.1, 0.15) is 69.6 Å². The van der Waals surface area contributed by atoms with E-state index >= 15 is 0 Å². The van der Waals surface area contributed by atoms with Gasteiger partial charge in [0, 0.05) is 24.3 Å². The van der Waals surface area contributed by atoms with E-state index in [4.69, 9.17) is 9.47 Å². The lowest BCUT2D eigenvalue weighted by Crippen LogP contribution is -2.59. The first kappa shape index (κ1) is 39.4. The van der Waals surface area contributed by atoms with Gasteiger partial charge < -0.3 is 29.7 Å². The zero-order valence-electron chi connectivity index (χ0n) is 30.2. The maximum Gasteiger partial charge on any atom is 0.313 e. The smallest absolute Gasteiger partial charge is 0.313 e. The average molecular weight is 779 g/mol. The van der Waals surface area contributed by atoms with E-state index in [1.54, 1.807) is 24.0 Å². The maximum absolute atomic E-state index is 14.9. The normalized spacial score (nSPS) is 26.3. The highest BCUT2D eigenvalue weighted by molar-refractivity contribution is 9.09. The van der Waals surface area contributed by atoms with Crippen LogP contribution in [-0.2, 0) is 35.1 Å². The number of unbranched alkanes of at least 4 members (excludes halogenated alkanes) is 2. The standard InChI is InChI=1S/C41H52BrN3O7/c1-5-8-16-23-44(22-7-3)39(49)37-41-25-31(42)36(52-41)33(34(41)38(48)45(37)30(26-46)24-28-17-12-10-13-18-28)40(50)51-35(29-19-14-11-15-20-29)27(4)43-32(47)21-9-6-2/h6-7,10-15,17-20,27,30-31,33-37,46H,2-3,5,8-9,16,21-26H2,1,4H3,(H,43,47)/t27-,30+,31?,33+,34-,35-,36+,37+,41-/m0/s1. The molecular formula is C41H52BrN3O7. The number of ether oxygens (including phenoxy) is 2. The van der Waals surface area contributed by atoms with Crippen LogP contribution in [0.3, 0.4) is 0 Å². The molecule has 0 saturated carbocycles. The Bertz CT molecular complexity index is 1570. The molecular weight excluding hydrogens is 726 g/mol. The molecule has 11 heteroatoms. The molecule has 3 fully saturated rings. The molecule has 0 aromatic heterocycles. The quantitative estimate of drug-likeness (QED) is 0.0859. The van der Waals surface area contributed by atoms with Gasteiger partial charge in [-0.15, -0.1) is 13.2 Å². The predicted octanol–water partition coefficient (Wildman–Crippen LogP) is 5.30. The number of hydrogen-bond donors (Lipinski definition) is 2. The Labute approximate surface area is 315 Å². The molecule has 3 aliphatic rings. The Morgan fingerprint density at radius 2 is 1.81 bits per heavy atom. The summed E-state index contributed by atoms with van der Waals surface area (Å²) in [5.74, 6) is -3.60. The zero-order valence-corrected chi connectivity index (χ0v) is 31.8. The number of carbonyl (C=O) groups is 4. The zero-order chi connectivity index (χ0) is 37.4. The lowest BCUT2D eigenvalue weighted by molar-refractivity contribution is -0.162. The second-order valence-corrected chi connectivity index (χ2v) is 15.3. The molecule has 2 N–H and O–H groups in total. The molecule has 3 amide bonds. The van der Waals surface area contributed by atoms with Crippen molar-refractivity contribution in [3.05, 3.63) is 97.1 Å². The van der Waals surface area contributed by atoms with Crippen LogP contribution in [0.15, 0.2) is 86.0 Å². The first-order valence-electron chi connectivity index (χ1n) is 18.5. The van der Waals surface area contributed by atoms with Crippen LogP contribution in [-0.4, -0.2) is 93.0 Å². The number of allylic oxidation sites excluding steroid dienone is 1. The molecule has 2 aromatic carbocycles. The van der Waals surface area contributed by atoms with E-state index in [0.29, 0.717) is 31.4 Å². The molecule has 1 spiro atoms. The minimum Gasteiger partial charge on any atom is -0.455 e. The third kappa shape index (κ3) is 8.06. The summed E-state index contributed by atoms with van der Waals surface area (Å²) < 4.78 is 13.1. The van der Waals surface area contributed by atoms with Crippen LogP contribution in [0.25, 0.3) is 0 Å². The van der Waals surface area contributed by atoms with E-state index in [-0.39, 0.29) is 36.2 Å². The second kappa shape index (κ2) is 17.8. The van der Waals surface area contributed by atoms with E-state index < -0.39 is 59.6 Å². The minimum absolute atomic E-state index is 0.202. The largest absolute Gasteiger partial charge is 0.455 e. The van der Waals surface area contributed by atoms with Crippen LogP contribution in [0, 0.1) is 11.8 Å². The van der Waals surface area contributed by atoms with Crippen LogP contribution < -0.4 is 5.32 Å². The van der Waals surface area contributed by atoms with Gasteiger partial charge in [-0.3, -0.25) is 19.2 Å². The fourth-order valence-corrected chi connectivity index (χ4v) is 9.20. The highest BCUT2D eigenvalue weighted by atomic mass is 79.9. The van der Waals surface area contributed by atoms with Crippen LogP contribution in [0.5, 0.6) is 0 Å². The number of likely N-dealkylation sites (tertiary alicyclic amines) is 1. The number of alkyl halides is 1. The van der Waals surface area contributed by atoms with Crippen molar-refractivity contribution in [2.24, 2.45) is 11.8 Å². The molecule has 0 radical (unpaired) electrons. The predicted molar refractivity (Wildman–Crippen MR) is 202 cm³/mol. The summed E-state index contributed by atoms with van der Waals surface area (Å²) in [6, 6.07) is 16.3. The van der Waals surface area contributed by atoms with E-state index in [9.17, 15) is 24.3 Å². The van der Waals surface area contributed by atoms with Gasteiger partial charge in [0.05, 0.1) is 36.6 Å². The van der Waals surface area contributed by atoms with Crippen molar-refractivity contribution < 1.29 is 33.8 Å². The number of esters is 1. The van der Waals surface area contributed by atoms with Gasteiger partial charge in [-0.2, -0.15) is 0 Å². The van der Waals surface area contributed by atoms with Crippen LogP contribution in [0.2, 0.25) is 0 Å². The summed E-state index contributed by atoms with van der Waals surface area (Å²) in [5.41, 5.74) is 0.247. The minimum atomic E-state index is -1.34.